The van der Waals surface area contributed by atoms with Gasteiger partial charge < -0.3 is 14.2 Å². The zero-order valence-electron chi connectivity index (χ0n) is 12.8. The molecule has 3 rings (SSSR count). The van der Waals surface area contributed by atoms with Gasteiger partial charge in [-0.1, -0.05) is 0 Å². The van der Waals surface area contributed by atoms with E-state index in [2.05, 4.69) is 23.1 Å². The minimum absolute atomic E-state index is 0.198. The molecule has 2 heterocycles. The van der Waals surface area contributed by atoms with Gasteiger partial charge in [0.15, 0.2) is 11.5 Å². The van der Waals surface area contributed by atoms with Crippen LogP contribution in [0.5, 0.6) is 0 Å². The first-order chi connectivity index (χ1) is 10.2. The monoisotopic (exact) mass is 292 g/mol. The Bertz CT molecular complexity index is 526. The molecule has 0 radical (unpaired) electrons. The zero-order chi connectivity index (χ0) is 14.8. The number of morpholine rings is 1. The fourth-order valence-electron chi connectivity index (χ4n) is 2.98. The molecule has 1 saturated heterocycles. The summed E-state index contributed by atoms with van der Waals surface area (Å²) >= 11 is 0. The lowest BCUT2D eigenvalue weighted by atomic mass is 9.83. The molecule has 0 aromatic rings. The zero-order valence-corrected chi connectivity index (χ0v) is 12.8. The first-order valence-corrected chi connectivity index (χ1v) is 7.30. The first-order valence-electron chi connectivity index (χ1n) is 7.30. The van der Waals surface area contributed by atoms with Crippen molar-refractivity contribution >= 4 is 5.78 Å². The van der Waals surface area contributed by atoms with E-state index in [4.69, 9.17) is 18.6 Å². The maximum atomic E-state index is 6.03. The summed E-state index contributed by atoms with van der Waals surface area (Å²) in [5.74, 6) is 3.91. The Balaban J connectivity index is 1.88. The number of carbonyl (C=O) groups excluding carboxylic acids is 1. The second-order valence-corrected chi connectivity index (χ2v) is 5.39. The normalized spacial score (nSPS) is 28.8. The van der Waals surface area contributed by atoms with Gasteiger partial charge in [0.25, 0.3) is 0 Å². The molecule has 5 nitrogen and oxygen atoms in total. The average Bonchev–Trinajstić information content (AvgIpc) is 2.54. The first kappa shape index (κ1) is 14.2. The van der Waals surface area contributed by atoms with E-state index in [-0.39, 0.29) is 11.8 Å². The highest BCUT2D eigenvalue weighted by Crippen LogP contribution is 2.33. The van der Waals surface area contributed by atoms with Crippen LogP contribution in [-0.4, -0.2) is 51.2 Å². The van der Waals surface area contributed by atoms with Crippen LogP contribution in [0.1, 0.15) is 6.92 Å². The maximum absolute atomic E-state index is 6.03. The molecular formula is C16H22NO4+. The second-order valence-electron chi connectivity index (χ2n) is 5.39. The molecule has 1 fully saturated rings. The smallest absolute Gasteiger partial charge is 0.425 e. The number of nitrogens with zero attached hydrogens (tertiary/aromatic N) is 1. The number of methoxy groups -OCH3 is 2. The number of allylic oxidation sites excluding steroid dienone is 3. The van der Waals surface area contributed by atoms with Crippen LogP contribution >= 0.6 is 0 Å². The van der Waals surface area contributed by atoms with Crippen molar-refractivity contribution in [3.05, 3.63) is 35.6 Å². The van der Waals surface area contributed by atoms with Gasteiger partial charge in [0.1, 0.15) is 5.92 Å². The third-order valence-electron chi connectivity index (χ3n) is 4.16. The van der Waals surface area contributed by atoms with E-state index in [1.165, 1.54) is 0 Å². The fourth-order valence-corrected chi connectivity index (χ4v) is 2.98. The Morgan fingerprint density at radius 2 is 1.76 bits per heavy atom. The Morgan fingerprint density at radius 1 is 1.10 bits per heavy atom. The van der Waals surface area contributed by atoms with E-state index in [1.54, 1.807) is 14.2 Å². The van der Waals surface area contributed by atoms with Gasteiger partial charge in [-0.3, -0.25) is 4.90 Å². The van der Waals surface area contributed by atoms with Crippen molar-refractivity contribution in [3.8, 4) is 0 Å². The summed E-state index contributed by atoms with van der Waals surface area (Å²) in [5.41, 5.74) is 0. The molecule has 0 amide bonds. The van der Waals surface area contributed by atoms with E-state index in [0.717, 1.165) is 49.5 Å². The minimum Gasteiger partial charge on any atom is -0.493 e. The van der Waals surface area contributed by atoms with Gasteiger partial charge in [-0.05, 0) is 12.2 Å². The molecule has 2 aliphatic heterocycles. The van der Waals surface area contributed by atoms with Crippen molar-refractivity contribution < 1.29 is 18.6 Å². The largest absolute Gasteiger partial charge is 0.493 e. The lowest BCUT2D eigenvalue weighted by Gasteiger charge is -2.28. The summed E-state index contributed by atoms with van der Waals surface area (Å²) in [5, 5.41) is 0. The van der Waals surface area contributed by atoms with Gasteiger partial charge in [-0.25, -0.2) is 0 Å². The Morgan fingerprint density at radius 3 is 2.43 bits per heavy atom. The van der Waals surface area contributed by atoms with Gasteiger partial charge in [0.05, 0.1) is 27.4 Å². The number of rotatable bonds is 3. The van der Waals surface area contributed by atoms with Crippen LogP contribution in [0.4, 0.5) is 0 Å². The van der Waals surface area contributed by atoms with E-state index in [0.29, 0.717) is 0 Å². The van der Waals surface area contributed by atoms with Crippen molar-refractivity contribution in [2.45, 2.75) is 6.92 Å². The Hall–Kier alpha value is -1.75. The van der Waals surface area contributed by atoms with E-state index >= 15 is 0 Å². The molecule has 2 atom stereocenters. The van der Waals surface area contributed by atoms with Crippen molar-refractivity contribution in [2.75, 3.05) is 40.5 Å². The van der Waals surface area contributed by atoms with E-state index in [1.807, 2.05) is 6.92 Å². The van der Waals surface area contributed by atoms with Crippen LogP contribution in [0, 0.1) is 11.8 Å². The molecule has 1 aliphatic carbocycles. The minimum atomic E-state index is 0.198. The predicted molar refractivity (Wildman–Crippen MR) is 78.3 cm³/mol. The number of ketones is 1. The number of hydrogen-bond donors (Lipinski definition) is 0. The number of fused-ring (bicyclic) bond motifs is 1. The lowest BCUT2D eigenvalue weighted by Crippen LogP contribution is -2.39. The van der Waals surface area contributed by atoms with Crippen molar-refractivity contribution in [2.24, 2.45) is 11.8 Å². The van der Waals surface area contributed by atoms with Crippen LogP contribution in [-0.2, 0) is 18.6 Å². The molecule has 0 saturated carbocycles. The summed E-state index contributed by atoms with van der Waals surface area (Å²) in [6, 6.07) is 0. The molecule has 3 aliphatic rings. The molecule has 0 spiro atoms. The van der Waals surface area contributed by atoms with Gasteiger partial charge in [0, 0.05) is 32.0 Å². The quantitative estimate of drug-likeness (QED) is 0.741. The molecule has 0 bridgehead atoms. The highest BCUT2D eigenvalue weighted by molar-refractivity contribution is 5.83. The fraction of sp³-hybridized carbons (Fsp3) is 0.562. The summed E-state index contributed by atoms with van der Waals surface area (Å²) in [6.45, 7) is 5.27. The highest BCUT2D eigenvalue weighted by Gasteiger charge is 2.39. The Kier molecular flexibility index (Phi) is 4.01. The summed E-state index contributed by atoms with van der Waals surface area (Å²) in [6.07, 6.45) is 6.35. The van der Waals surface area contributed by atoms with Gasteiger partial charge >= 0.3 is 11.7 Å². The van der Waals surface area contributed by atoms with Crippen LogP contribution in [0.3, 0.4) is 0 Å². The molecular weight excluding hydrogens is 270 g/mol. The molecule has 0 aromatic heterocycles. The van der Waals surface area contributed by atoms with Crippen molar-refractivity contribution in [3.63, 3.8) is 0 Å². The lowest BCUT2D eigenvalue weighted by molar-refractivity contribution is -0.429. The Labute approximate surface area is 125 Å². The van der Waals surface area contributed by atoms with Crippen LogP contribution in [0.25, 0.3) is 0 Å². The second kappa shape index (κ2) is 5.93. The molecule has 2 unspecified atom stereocenters. The molecule has 21 heavy (non-hydrogen) atoms. The SMILES string of the molecule is COC1=CC2C=C(N3CCOCC3)[O+]=C(C)C2C=C1OC. The molecule has 114 valence electrons. The molecule has 5 heteroatoms. The van der Waals surface area contributed by atoms with E-state index < -0.39 is 0 Å². The molecule has 0 aromatic carbocycles. The van der Waals surface area contributed by atoms with Crippen LogP contribution < -0.4 is 0 Å². The predicted octanol–water partition coefficient (Wildman–Crippen LogP) is 1.60. The van der Waals surface area contributed by atoms with E-state index in [9.17, 15) is 0 Å². The average molecular weight is 292 g/mol. The van der Waals surface area contributed by atoms with Gasteiger partial charge in [0.2, 0.25) is 0 Å². The standard InChI is InChI=1S/C16H22NO4/c1-11-13-10-15(19-3)14(18-2)8-12(13)9-16(21-11)17-4-6-20-7-5-17/h8-10,12-13H,4-7H2,1-3H3/q+1. The maximum Gasteiger partial charge on any atom is 0.425 e. The summed E-state index contributed by atoms with van der Waals surface area (Å²) in [7, 11) is 3.33. The van der Waals surface area contributed by atoms with Crippen LogP contribution in [0.15, 0.2) is 35.6 Å². The number of hydrogen-bond acceptors (Lipinski definition) is 4. The summed E-state index contributed by atoms with van der Waals surface area (Å²) in [4.78, 5) is 2.24. The van der Waals surface area contributed by atoms with Gasteiger partial charge in [-0.15, -0.1) is 0 Å². The third kappa shape index (κ3) is 2.70. The van der Waals surface area contributed by atoms with Crippen molar-refractivity contribution in [1.29, 1.82) is 0 Å². The van der Waals surface area contributed by atoms with Gasteiger partial charge in [-0.2, -0.15) is 4.42 Å². The molecule has 0 N–H and O–H groups in total. The summed E-state index contributed by atoms with van der Waals surface area (Å²) < 4.78 is 22.2. The third-order valence-corrected chi connectivity index (χ3v) is 4.16. The van der Waals surface area contributed by atoms with Crippen LogP contribution in [0.2, 0.25) is 0 Å². The van der Waals surface area contributed by atoms with Crippen molar-refractivity contribution in [1.82, 2.24) is 4.90 Å². The highest BCUT2D eigenvalue weighted by atomic mass is 16.5. The topological polar surface area (TPSA) is 42.2 Å². The number of ether oxygens (including phenoxy) is 3.